The lowest BCUT2D eigenvalue weighted by molar-refractivity contribution is -0.672. The summed E-state index contributed by atoms with van der Waals surface area (Å²) in [5.41, 5.74) is 8.09. The predicted octanol–water partition coefficient (Wildman–Crippen LogP) is 3.14. The molecule has 0 atom stereocenters. The second-order valence-electron chi connectivity index (χ2n) is 5.03. The lowest BCUT2D eigenvalue weighted by Gasteiger charge is -2.10. The van der Waals surface area contributed by atoms with Gasteiger partial charge in [0.05, 0.1) is 4.88 Å². The highest BCUT2D eigenvalue weighted by molar-refractivity contribution is 9.10. The van der Waals surface area contributed by atoms with Gasteiger partial charge >= 0.3 is 5.13 Å². The minimum atomic E-state index is 0.111. The lowest BCUT2D eigenvalue weighted by Crippen LogP contribution is -2.43. The minimum Gasteiger partial charge on any atom is -0.290 e. The van der Waals surface area contributed by atoms with Gasteiger partial charge in [0.1, 0.15) is 5.69 Å². The number of benzene rings is 1. The van der Waals surface area contributed by atoms with Gasteiger partial charge in [-0.15, -0.1) is 0 Å². The van der Waals surface area contributed by atoms with Crippen LogP contribution in [0.25, 0.3) is 0 Å². The maximum absolute atomic E-state index is 12.4. The number of Topliss-reactive ketones (excluding diaryl/α,β-unsaturated/α-hetero) is 1. The van der Waals surface area contributed by atoms with Crippen molar-refractivity contribution in [2.45, 2.75) is 32.2 Å². The van der Waals surface area contributed by atoms with Crippen LogP contribution >= 0.6 is 27.3 Å². The largest absolute Gasteiger partial charge is 0.332 e. The molecule has 0 radical (unpaired) electrons. The number of nitrogen functional groups attached to an aromatic ring is 1. The van der Waals surface area contributed by atoms with E-state index in [1.807, 2.05) is 28.8 Å². The monoisotopic (exact) mass is 351 g/mol. The molecule has 20 heavy (non-hydrogen) atoms. The Morgan fingerprint density at radius 2 is 1.95 bits per heavy atom. The fraction of sp³-hybridized carbons (Fsp3) is 0.333. The molecule has 0 saturated heterocycles. The maximum Gasteiger partial charge on any atom is 0.332 e. The standard InChI is InChI=1S/C15H15BrN2OS/c16-11-7-5-10(6-8-11)13(19)9-18-12-3-1-2-4-14(12)20-15(18)17/h5-8,17H,1-4,9H2/p+1. The molecule has 0 aliphatic heterocycles. The first-order valence-corrected chi connectivity index (χ1v) is 8.34. The van der Waals surface area contributed by atoms with Crippen LogP contribution in [0, 0.1) is 0 Å². The molecule has 3 nitrogen and oxygen atoms in total. The van der Waals surface area contributed by atoms with Crippen LogP contribution < -0.4 is 10.3 Å². The van der Waals surface area contributed by atoms with Gasteiger partial charge in [-0.25, -0.2) is 4.57 Å². The summed E-state index contributed by atoms with van der Waals surface area (Å²) in [4.78, 5) is 13.7. The van der Waals surface area contributed by atoms with Crippen molar-refractivity contribution in [2.75, 3.05) is 5.73 Å². The van der Waals surface area contributed by atoms with Crippen molar-refractivity contribution in [1.82, 2.24) is 0 Å². The summed E-state index contributed by atoms with van der Waals surface area (Å²) in [6.45, 7) is 0.347. The average Bonchev–Trinajstić information content (AvgIpc) is 2.76. The summed E-state index contributed by atoms with van der Waals surface area (Å²) in [6, 6.07) is 7.48. The summed E-state index contributed by atoms with van der Waals surface area (Å²) in [5, 5.41) is 0.752. The van der Waals surface area contributed by atoms with E-state index in [0.717, 1.165) is 28.0 Å². The molecule has 0 amide bonds. The average molecular weight is 352 g/mol. The molecule has 0 bridgehead atoms. The van der Waals surface area contributed by atoms with Gasteiger partial charge in [-0.2, -0.15) is 0 Å². The first-order chi connectivity index (χ1) is 9.65. The minimum absolute atomic E-state index is 0.111. The molecular weight excluding hydrogens is 336 g/mol. The van der Waals surface area contributed by atoms with Crippen LogP contribution in [0.5, 0.6) is 0 Å². The number of carbonyl (C=O) groups is 1. The molecule has 3 rings (SSSR count). The third kappa shape index (κ3) is 2.65. The number of aryl methyl sites for hydroxylation is 1. The molecule has 0 saturated carbocycles. The van der Waals surface area contributed by atoms with Crippen molar-refractivity contribution in [2.24, 2.45) is 0 Å². The first kappa shape index (κ1) is 13.8. The number of hydrogen-bond donors (Lipinski definition) is 1. The van der Waals surface area contributed by atoms with Crippen LogP contribution in [0.2, 0.25) is 0 Å². The van der Waals surface area contributed by atoms with Crippen molar-refractivity contribution in [3.05, 3.63) is 44.9 Å². The van der Waals surface area contributed by atoms with E-state index in [-0.39, 0.29) is 5.78 Å². The Morgan fingerprint density at radius 3 is 2.70 bits per heavy atom. The number of fused-ring (bicyclic) bond motifs is 1. The van der Waals surface area contributed by atoms with E-state index in [1.54, 1.807) is 11.3 Å². The van der Waals surface area contributed by atoms with Crippen LogP contribution in [0.15, 0.2) is 28.7 Å². The van der Waals surface area contributed by atoms with E-state index < -0.39 is 0 Å². The highest BCUT2D eigenvalue weighted by Crippen LogP contribution is 2.26. The Balaban J connectivity index is 1.86. The molecule has 0 spiro atoms. The highest BCUT2D eigenvalue weighted by atomic mass is 79.9. The SMILES string of the molecule is Nc1sc2c([n+]1CC(=O)c1ccc(Br)cc1)CCCC2. The van der Waals surface area contributed by atoms with Gasteiger partial charge in [-0.3, -0.25) is 10.5 Å². The number of carbonyl (C=O) groups excluding carboxylic acids is 1. The quantitative estimate of drug-likeness (QED) is 0.681. The summed E-state index contributed by atoms with van der Waals surface area (Å²) in [7, 11) is 0. The second-order valence-corrected chi connectivity index (χ2v) is 7.06. The van der Waals surface area contributed by atoms with Crippen molar-refractivity contribution < 1.29 is 9.36 Å². The van der Waals surface area contributed by atoms with Crippen molar-refractivity contribution in [3.8, 4) is 0 Å². The molecule has 1 heterocycles. The Labute approximate surface area is 130 Å². The fourth-order valence-electron chi connectivity index (χ4n) is 2.62. The molecule has 0 unspecified atom stereocenters. The zero-order valence-corrected chi connectivity index (χ0v) is 13.5. The fourth-order valence-corrected chi connectivity index (χ4v) is 3.99. The number of anilines is 1. The zero-order valence-electron chi connectivity index (χ0n) is 11.1. The van der Waals surface area contributed by atoms with Gasteiger partial charge in [-0.1, -0.05) is 39.4 Å². The third-order valence-corrected chi connectivity index (χ3v) is 5.32. The molecule has 2 N–H and O–H groups in total. The lowest BCUT2D eigenvalue weighted by atomic mass is 10.0. The topological polar surface area (TPSA) is 47.0 Å². The molecule has 5 heteroatoms. The predicted molar refractivity (Wildman–Crippen MR) is 84.0 cm³/mol. The Morgan fingerprint density at radius 1 is 1.25 bits per heavy atom. The molecule has 1 aliphatic rings. The van der Waals surface area contributed by atoms with E-state index in [4.69, 9.17) is 5.73 Å². The van der Waals surface area contributed by atoms with Crippen molar-refractivity contribution in [1.29, 1.82) is 0 Å². The van der Waals surface area contributed by atoms with E-state index >= 15 is 0 Å². The van der Waals surface area contributed by atoms with E-state index in [2.05, 4.69) is 15.9 Å². The van der Waals surface area contributed by atoms with E-state index in [9.17, 15) is 4.79 Å². The number of halogens is 1. The Kier molecular flexibility index (Phi) is 3.89. The summed E-state index contributed by atoms with van der Waals surface area (Å²) >= 11 is 5.02. The van der Waals surface area contributed by atoms with Crippen LogP contribution in [0.1, 0.15) is 33.8 Å². The van der Waals surface area contributed by atoms with Crippen LogP contribution in [0.4, 0.5) is 5.13 Å². The van der Waals surface area contributed by atoms with Gasteiger partial charge in [0.25, 0.3) is 0 Å². The highest BCUT2D eigenvalue weighted by Gasteiger charge is 2.25. The van der Waals surface area contributed by atoms with Gasteiger partial charge in [0.15, 0.2) is 6.54 Å². The summed E-state index contributed by atoms with van der Waals surface area (Å²) < 4.78 is 2.98. The molecule has 0 fully saturated rings. The van der Waals surface area contributed by atoms with Crippen LogP contribution in [-0.2, 0) is 19.4 Å². The number of aromatic nitrogens is 1. The number of hydrogen-bond acceptors (Lipinski definition) is 3. The number of thiazole rings is 1. The molecule has 1 aromatic carbocycles. The van der Waals surface area contributed by atoms with Gasteiger partial charge in [0.2, 0.25) is 5.78 Å². The third-order valence-electron chi connectivity index (χ3n) is 3.68. The summed E-state index contributed by atoms with van der Waals surface area (Å²) in [5.74, 6) is 0.111. The first-order valence-electron chi connectivity index (χ1n) is 6.74. The Bertz CT molecular complexity index is 649. The maximum atomic E-state index is 12.4. The smallest absolute Gasteiger partial charge is 0.290 e. The van der Waals surface area contributed by atoms with Crippen LogP contribution in [-0.4, -0.2) is 5.78 Å². The summed E-state index contributed by atoms with van der Waals surface area (Å²) in [6.07, 6.45) is 4.56. The molecular formula is C15H16BrN2OS+. The molecule has 1 aromatic heterocycles. The normalized spacial score (nSPS) is 14.1. The van der Waals surface area contributed by atoms with Gasteiger partial charge < -0.3 is 0 Å². The van der Waals surface area contributed by atoms with Gasteiger partial charge in [-0.05, 0) is 31.4 Å². The van der Waals surface area contributed by atoms with Gasteiger partial charge in [0, 0.05) is 16.5 Å². The number of nitrogens with zero attached hydrogens (tertiary/aromatic N) is 1. The molecule has 104 valence electrons. The zero-order chi connectivity index (χ0) is 14.1. The van der Waals surface area contributed by atoms with E-state index in [0.29, 0.717) is 6.54 Å². The molecule has 1 aliphatic carbocycles. The molecule has 2 aromatic rings. The van der Waals surface area contributed by atoms with Crippen molar-refractivity contribution in [3.63, 3.8) is 0 Å². The van der Waals surface area contributed by atoms with Crippen LogP contribution in [0.3, 0.4) is 0 Å². The van der Waals surface area contributed by atoms with Crippen molar-refractivity contribution >= 4 is 38.2 Å². The number of ketones is 1. The Hall–Kier alpha value is -1.20. The second kappa shape index (κ2) is 5.66. The number of nitrogens with two attached hydrogens (primary N) is 1. The number of rotatable bonds is 3. The van der Waals surface area contributed by atoms with E-state index in [1.165, 1.54) is 23.4 Å².